The van der Waals surface area contributed by atoms with Gasteiger partial charge in [0.1, 0.15) is 10.8 Å². The number of nitrogens with zero attached hydrogens (tertiary/aromatic N) is 2. The minimum absolute atomic E-state index is 0.303. The van der Waals surface area contributed by atoms with Gasteiger partial charge in [0.25, 0.3) is 0 Å². The van der Waals surface area contributed by atoms with Crippen molar-refractivity contribution in [2.75, 3.05) is 17.7 Å². The highest BCUT2D eigenvalue weighted by Crippen LogP contribution is 2.31. The van der Waals surface area contributed by atoms with E-state index in [9.17, 15) is 9.18 Å². The Labute approximate surface area is 210 Å². The predicted octanol–water partition coefficient (Wildman–Crippen LogP) is 5.97. The monoisotopic (exact) mass is 514 g/mol. The fraction of sp³-hybridized carbons (Fsp3) is 0.125. The summed E-state index contributed by atoms with van der Waals surface area (Å²) in [5.74, 6) is -0.829. The summed E-state index contributed by atoms with van der Waals surface area (Å²) in [7, 11) is 1.35. The zero-order chi connectivity index (χ0) is 24.1. The van der Waals surface area contributed by atoms with E-state index in [1.807, 2.05) is 36.4 Å². The van der Waals surface area contributed by atoms with E-state index in [4.69, 9.17) is 28.6 Å². The molecule has 0 spiro atoms. The molecule has 0 unspecified atom stereocenters. The lowest BCUT2D eigenvalue weighted by Crippen LogP contribution is -2.19. The second-order valence-electron chi connectivity index (χ2n) is 7.35. The molecule has 174 valence electrons. The third kappa shape index (κ3) is 5.99. The topological polar surface area (TPSA) is 68.2 Å². The Bertz CT molecular complexity index is 1320. The van der Waals surface area contributed by atoms with Gasteiger partial charge < -0.3 is 15.4 Å². The van der Waals surface area contributed by atoms with Crippen LogP contribution in [-0.2, 0) is 17.7 Å². The Morgan fingerprint density at radius 3 is 2.74 bits per heavy atom. The van der Waals surface area contributed by atoms with Gasteiger partial charge in [-0.15, -0.1) is 11.3 Å². The van der Waals surface area contributed by atoms with E-state index in [1.165, 1.54) is 30.6 Å². The van der Waals surface area contributed by atoms with Gasteiger partial charge >= 0.3 is 5.97 Å². The smallest absolute Gasteiger partial charge is 0.340 e. The summed E-state index contributed by atoms with van der Waals surface area (Å²) in [6, 6.07) is 16.1. The number of thiocarbonyl (C=S) groups is 1. The van der Waals surface area contributed by atoms with Crippen LogP contribution in [0.2, 0.25) is 5.02 Å². The molecule has 0 aliphatic heterocycles. The molecule has 2 aromatic carbocycles. The van der Waals surface area contributed by atoms with Crippen molar-refractivity contribution < 1.29 is 13.9 Å². The van der Waals surface area contributed by atoms with Crippen molar-refractivity contribution in [3.05, 3.63) is 99.4 Å². The molecule has 0 saturated heterocycles. The summed E-state index contributed by atoms with van der Waals surface area (Å²) < 4.78 is 19.9. The second-order valence-corrected chi connectivity index (χ2v) is 9.30. The van der Waals surface area contributed by atoms with Gasteiger partial charge in [-0.05, 0) is 41.5 Å². The molecule has 2 N–H and O–H groups in total. The molecule has 10 heteroatoms. The maximum Gasteiger partial charge on any atom is 0.340 e. The molecule has 0 fully saturated rings. The van der Waals surface area contributed by atoms with Crippen LogP contribution in [-0.4, -0.2) is 28.0 Å². The highest BCUT2D eigenvalue weighted by atomic mass is 35.5. The fourth-order valence-electron chi connectivity index (χ4n) is 3.29. The molecule has 4 aromatic rings. The summed E-state index contributed by atoms with van der Waals surface area (Å²) in [5.41, 5.74) is 2.95. The number of carbonyl (C=O) groups excluding carboxylic acids is 1. The average molecular weight is 515 g/mol. The standard InChI is InChI=1S/C24H20ClFN4O2S2/c1-32-23(31)20-11-19(9-15-5-3-2-4-6-15)34-22(20)29-24(33)28-18-12-27-30(14-18)13-16-7-8-17(26)10-21(16)25/h2-8,10-12,14H,9,13H2,1H3,(H2,28,29,33). The summed E-state index contributed by atoms with van der Waals surface area (Å²) in [6.45, 7) is 0.376. The number of esters is 1. The number of rotatable bonds is 7. The van der Waals surface area contributed by atoms with Crippen LogP contribution in [0.1, 0.15) is 26.4 Å². The van der Waals surface area contributed by atoms with E-state index in [0.29, 0.717) is 39.4 Å². The maximum atomic E-state index is 13.3. The Morgan fingerprint density at radius 1 is 1.21 bits per heavy atom. The number of hydrogen-bond acceptors (Lipinski definition) is 5. The van der Waals surface area contributed by atoms with E-state index in [-0.39, 0.29) is 5.82 Å². The molecular weight excluding hydrogens is 495 g/mol. The van der Waals surface area contributed by atoms with Gasteiger partial charge in [-0.2, -0.15) is 5.10 Å². The van der Waals surface area contributed by atoms with E-state index >= 15 is 0 Å². The van der Waals surface area contributed by atoms with Crippen molar-refractivity contribution in [2.45, 2.75) is 13.0 Å². The molecule has 6 nitrogen and oxygen atoms in total. The first kappa shape index (κ1) is 23.9. The van der Waals surface area contributed by atoms with Crippen LogP contribution in [0.15, 0.2) is 67.0 Å². The number of thiophene rings is 1. The number of ether oxygens (including phenoxy) is 1. The first-order chi connectivity index (χ1) is 16.4. The van der Waals surface area contributed by atoms with E-state index in [1.54, 1.807) is 23.1 Å². The summed E-state index contributed by atoms with van der Waals surface area (Å²) in [5, 5.41) is 11.7. The first-order valence-corrected chi connectivity index (χ1v) is 11.8. The predicted molar refractivity (Wildman–Crippen MR) is 137 cm³/mol. The number of methoxy groups -OCH3 is 1. The minimum atomic E-state index is -0.440. The van der Waals surface area contributed by atoms with Crippen molar-refractivity contribution in [2.24, 2.45) is 0 Å². The fourth-order valence-corrected chi connectivity index (χ4v) is 4.88. The molecule has 0 aliphatic carbocycles. The summed E-state index contributed by atoms with van der Waals surface area (Å²) >= 11 is 13.0. The number of benzene rings is 2. The van der Waals surface area contributed by atoms with Crippen molar-refractivity contribution in [1.82, 2.24) is 9.78 Å². The Balaban J connectivity index is 1.43. The quantitative estimate of drug-likeness (QED) is 0.234. The molecule has 0 atom stereocenters. The highest BCUT2D eigenvalue weighted by Gasteiger charge is 2.18. The van der Waals surface area contributed by atoms with Crippen molar-refractivity contribution in [1.29, 1.82) is 0 Å². The van der Waals surface area contributed by atoms with Gasteiger partial charge in [-0.3, -0.25) is 4.68 Å². The molecule has 0 amide bonds. The second kappa shape index (κ2) is 10.8. The Hall–Kier alpha value is -3.27. The van der Waals surface area contributed by atoms with Gasteiger partial charge in [0.15, 0.2) is 5.11 Å². The van der Waals surface area contributed by atoms with Gasteiger partial charge in [0.2, 0.25) is 0 Å². The molecule has 0 radical (unpaired) electrons. The van der Waals surface area contributed by atoms with Crippen LogP contribution in [0.3, 0.4) is 0 Å². The van der Waals surface area contributed by atoms with Crippen LogP contribution in [0, 0.1) is 5.82 Å². The highest BCUT2D eigenvalue weighted by molar-refractivity contribution is 7.80. The van der Waals surface area contributed by atoms with Crippen LogP contribution < -0.4 is 10.6 Å². The normalized spacial score (nSPS) is 10.7. The van der Waals surface area contributed by atoms with Gasteiger partial charge in [0, 0.05) is 22.5 Å². The van der Waals surface area contributed by atoms with Gasteiger partial charge in [-0.25, -0.2) is 9.18 Å². The zero-order valence-electron chi connectivity index (χ0n) is 18.0. The maximum absolute atomic E-state index is 13.3. The average Bonchev–Trinajstić information content (AvgIpc) is 3.42. The zero-order valence-corrected chi connectivity index (χ0v) is 20.4. The van der Waals surface area contributed by atoms with Gasteiger partial charge in [0.05, 0.1) is 31.1 Å². The van der Waals surface area contributed by atoms with E-state index in [0.717, 1.165) is 16.0 Å². The number of hydrogen-bond donors (Lipinski definition) is 2. The van der Waals surface area contributed by atoms with E-state index in [2.05, 4.69) is 15.7 Å². The number of nitrogens with one attached hydrogen (secondary N) is 2. The molecule has 2 heterocycles. The molecule has 2 aromatic heterocycles. The lowest BCUT2D eigenvalue weighted by molar-refractivity contribution is 0.0602. The van der Waals surface area contributed by atoms with Crippen molar-refractivity contribution in [3.63, 3.8) is 0 Å². The van der Waals surface area contributed by atoms with Crippen molar-refractivity contribution >= 4 is 56.9 Å². The summed E-state index contributed by atoms with van der Waals surface area (Å²) in [4.78, 5) is 13.3. The number of aromatic nitrogens is 2. The van der Waals surface area contributed by atoms with Gasteiger partial charge in [-0.1, -0.05) is 48.0 Å². The van der Waals surface area contributed by atoms with Crippen LogP contribution in [0.25, 0.3) is 0 Å². The lowest BCUT2D eigenvalue weighted by atomic mass is 10.1. The lowest BCUT2D eigenvalue weighted by Gasteiger charge is -2.09. The van der Waals surface area contributed by atoms with Crippen LogP contribution in [0.4, 0.5) is 15.1 Å². The molecule has 0 saturated carbocycles. The molecule has 34 heavy (non-hydrogen) atoms. The third-order valence-corrected chi connectivity index (χ3v) is 6.48. The molecule has 4 rings (SSSR count). The molecule has 0 aliphatic rings. The molecular formula is C24H20ClFN4O2S2. The minimum Gasteiger partial charge on any atom is -0.465 e. The van der Waals surface area contributed by atoms with Crippen LogP contribution >= 0.6 is 35.2 Å². The number of halogens is 2. The largest absolute Gasteiger partial charge is 0.465 e. The SMILES string of the molecule is COC(=O)c1cc(Cc2ccccc2)sc1NC(=S)Nc1cnn(Cc2ccc(F)cc2Cl)c1. The summed E-state index contributed by atoms with van der Waals surface area (Å²) in [6.07, 6.45) is 4.06. The Kier molecular flexibility index (Phi) is 7.56. The Morgan fingerprint density at radius 2 is 2.00 bits per heavy atom. The van der Waals surface area contributed by atoms with Crippen LogP contribution in [0.5, 0.6) is 0 Å². The van der Waals surface area contributed by atoms with E-state index < -0.39 is 5.97 Å². The van der Waals surface area contributed by atoms with Crippen molar-refractivity contribution in [3.8, 4) is 0 Å². The number of carbonyl (C=O) groups is 1. The first-order valence-electron chi connectivity index (χ1n) is 10.2. The molecule has 0 bridgehead atoms. The number of anilines is 2. The third-order valence-electron chi connectivity index (χ3n) is 4.88.